The fourth-order valence-corrected chi connectivity index (χ4v) is 3.15. The van der Waals surface area contributed by atoms with E-state index in [0.29, 0.717) is 34.9 Å². The minimum absolute atomic E-state index is 0.442. The summed E-state index contributed by atoms with van der Waals surface area (Å²) in [6.45, 7) is 0.475. The summed E-state index contributed by atoms with van der Waals surface area (Å²) in [7, 11) is 0. The van der Waals surface area contributed by atoms with Gasteiger partial charge in [-0.15, -0.1) is 0 Å². The summed E-state index contributed by atoms with van der Waals surface area (Å²) in [5.41, 5.74) is 9.69. The number of imidazole rings is 2. The average Bonchev–Trinajstić information content (AvgIpc) is 3.36. The molecule has 3 heterocycles. The summed E-state index contributed by atoms with van der Waals surface area (Å²) >= 11 is 0. The third-order valence-corrected chi connectivity index (χ3v) is 4.59. The molecule has 0 atom stereocenters. The molecule has 2 aromatic carbocycles. The van der Waals surface area contributed by atoms with Crippen LogP contribution in [0.4, 0.5) is 5.82 Å². The van der Waals surface area contributed by atoms with Crippen LogP contribution in [0.15, 0.2) is 54.9 Å². The van der Waals surface area contributed by atoms with Crippen molar-refractivity contribution in [3.05, 3.63) is 66.2 Å². The lowest BCUT2D eigenvalue weighted by Gasteiger charge is -2.03. The number of carbonyl (C=O) groups excluding carboxylic acids is 1. The molecule has 3 aromatic heterocycles. The number of carbonyl (C=O) groups is 1. The molecule has 0 aliphatic rings. The van der Waals surface area contributed by atoms with Crippen molar-refractivity contribution in [2.24, 2.45) is 5.73 Å². The largest absolute Gasteiger partial charge is 0.366 e. The van der Waals surface area contributed by atoms with Crippen molar-refractivity contribution < 1.29 is 4.79 Å². The minimum Gasteiger partial charge on any atom is -0.366 e. The SMILES string of the molecule is NC(=O)c1ccc(-c2nc3ncnc(NCc4nc5ccccc5[nH]4)c3[nH]2)cc1. The third-order valence-electron chi connectivity index (χ3n) is 4.59. The Labute approximate surface area is 164 Å². The molecule has 0 spiro atoms. The highest BCUT2D eigenvalue weighted by Gasteiger charge is 2.12. The number of hydrogen-bond acceptors (Lipinski definition) is 6. The Kier molecular flexibility index (Phi) is 3.91. The van der Waals surface area contributed by atoms with Crippen LogP contribution in [-0.2, 0) is 6.54 Å². The Bertz CT molecular complexity index is 1300. The van der Waals surface area contributed by atoms with Crippen molar-refractivity contribution in [1.29, 1.82) is 0 Å². The highest BCUT2D eigenvalue weighted by molar-refractivity contribution is 5.93. The topological polar surface area (TPSA) is 138 Å². The Balaban J connectivity index is 1.43. The zero-order chi connectivity index (χ0) is 19.8. The predicted molar refractivity (Wildman–Crippen MR) is 109 cm³/mol. The normalized spacial score (nSPS) is 11.2. The molecule has 0 fully saturated rings. The van der Waals surface area contributed by atoms with Gasteiger partial charge < -0.3 is 21.0 Å². The van der Waals surface area contributed by atoms with Crippen molar-refractivity contribution in [1.82, 2.24) is 29.9 Å². The summed E-state index contributed by atoms with van der Waals surface area (Å²) in [4.78, 5) is 35.4. The molecule has 0 saturated heterocycles. The first-order valence-corrected chi connectivity index (χ1v) is 8.96. The van der Waals surface area contributed by atoms with Gasteiger partial charge in [-0.3, -0.25) is 4.79 Å². The monoisotopic (exact) mass is 384 g/mol. The van der Waals surface area contributed by atoms with E-state index in [2.05, 4.69) is 35.2 Å². The maximum absolute atomic E-state index is 11.2. The van der Waals surface area contributed by atoms with Crippen molar-refractivity contribution >= 4 is 33.9 Å². The lowest BCUT2D eigenvalue weighted by atomic mass is 10.1. The molecule has 1 amide bonds. The molecular weight excluding hydrogens is 368 g/mol. The number of para-hydroxylation sites is 2. The van der Waals surface area contributed by atoms with Crippen LogP contribution in [0.25, 0.3) is 33.6 Å². The van der Waals surface area contributed by atoms with E-state index >= 15 is 0 Å². The number of aromatic amines is 2. The number of nitrogens with zero attached hydrogens (tertiary/aromatic N) is 4. The second-order valence-electron chi connectivity index (χ2n) is 6.50. The number of benzene rings is 2. The molecule has 0 aliphatic carbocycles. The number of hydrogen-bond donors (Lipinski definition) is 4. The lowest BCUT2D eigenvalue weighted by molar-refractivity contribution is 0.100. The van der Waals surface area contributed by atoms with Crippen LogP contribution in [0, 0.1) is 0 Å². The van der Waals surface area contributed by atoms with Gasteiger partial charge in [-0.2, -0.15) is 0 Å². The van der Waals surface area contributed by atoms with E-state index in [0.717, 1.165) is 22.4 Å². The van der Waals surface area contributed by atoms with Gasteiger partial charge in [0.05, 0.1) is 17.6 Å². The van der Waals surface area contributed by atoms with Crippen molar-refractivity contribution in [2.45, 2.75) is 6.54 Å². The first-order valence-electron chi connectivity index (χ1n) is 8.96. The van der Waals surface area contributed by atoms with Gasteiger partial charge in [0.1, 0.15) is 23.5 Å². The second kappa shape index (κ2) is 6.71. The van der Waals surface area contributed by atoms with E-state index in [1.165, 1.54) is 6.33 Å². The van der Waals surface area contributed by atoms with E-state index < -0.39 is 5.91 Å². The van der Waals surface area contributed by atoms with E-state index in [1.807, 2.05) is 24.3 Å². The van der Waals surface area contributed by atoms with E-state index in [4.69, 9.17) is 5.73 Å². The van der Waals surface area contributed by atoms with E-state index in [-0.39, 0.29) is 0 Å². The molecule has 5 rings (SSSR count). The van der Waals surface area contributed by atoms with Gasteiger partial charge in [0.25, 0.3) is 0 Å². The summed E-state index contributed by atoms with van der Waals surface area (Å²) in [5, 5.41) is 3.28. The molecule has 29 heavy (non-hydrogen) atoms. The summed E-state index contributed by atoms with van der Waals surface area (Å²) in [6, 6.07) is 14.8. The number of fused-ring (bicyclic) bond motifs is 2. The number of H-pyrrole nitrogens is 2. The number of amides is 1. The van der Waals surface area contributed by atoms with Gasteiger partial charge in [-0.1, -0.05) is 24.3 Å². The van der Waals surface area contributed by atoms with Crippen LogP contribution >= 0.6 is 0 Å². The highest BCUT2D eigenvalue weighted by Crippen LogP contribution is 2.23. The molecular formula is C20H16N8O. The Morgan fingerprint density at radius 2 is 1.83 bits per heavy atom. The van der Waals surface area contributed by atoms with Crippen LogP contribution in [0.2, 0.25) is 0 Å². The average molecular weight is 384 g/mol. The van der Waals surface area contributed by atoms with Crippen LogP contribution in [0.1, 0.15) is 16.2 Å². The number of nitrogens with two attached hydrogens (primary N) is 1. The quantitative estimate of drug-likeness (QED) is 0.367. The summed E-state index contributed by atoms with van der Waals surface area (Å²) in [5.74, 6) is 1.59. The van der Waals surface area contributed by atoms with Crippen LogP contribution in [-0.4, -0.2) is 35.8 Å². The Morgan fingerprint density at radius 1 is 1.00 bits per heavy atom. The standard InChI is InChI=1S/C20H16N8O/c21-17(29)11-5-7-12(8-6-11)18-27-16-19(23-10-24-20(16)28-18)22-9-15-25-13-3-1-2-4-14(13)26-15/h1-8,10H,9H2,(H2,21,29)(H,25,26)(H2,22,23,24,27,28). The molecule has 142 valence electrons. The van der Waals surface area contributed by atoms with Crippen molar-refractivity contribution in [2.75, 3.05) is 5.32 Å². The number of rotatable bonds is 5. The zero-order valence-corrected chi connectivity index (χ0v) is 15.2. The molecule has 5 aromatic rings. The smallest absolute Gasteiger partial charge is 0.248 e. The number of aromatic nitrogens is 6. The van der Waals surface area contributed by atoms with Gasteiger partial charge in [0.15, 0.2) is 11.5 Å². The fraction of sp³-hybridized carbons (Fsp3) is 0.0500. The van der Waals surface area contributed by atoms with Gasteiger partial charge in [-0.25, -0.2) is 19.9 Å². The molecule has 0 bridgehead atoms. The van der Waals surface area contributed by atoms with Gasteiger partial charge >= 0.3 is 0 Å². The lowest BCUT2D eigenvalue weighted by Crippen LogP contribution is -2.10. The van der Waals surface area contributed by atoms with Gasteiger partial charge in [-0.05, 0) is 24.3 Å². The number of anilines is 1. The minimum atomic E-state index is -0.468. The van der Waals surface area contributed by atoms with E-state index in [1.54, 1.807) is 24.3 Å². The molecule has 9 heteroatoms. The number of primary amides is 1. The maximum Gasteiger partial charge on any atom is 0.248 e. The van der Waals surface area contributed by atoms with Crippen LogP contribution < -0.4 is 11.1 Å². The Hall–Kier alpha value is -4.27. The van der Waals surface area contributed by atoms with Crippen LogP contribution in [0.5, 0.6) is 0 Å². The molecule has 0 saturated carbocycles. The summed E-state index contributed by atoms with van der Waals surface area (Å²) < 4.78 is 0. The molecule has 9 nitrogen and oxygen atoms in total. The molecule has 0 radical (unpaired) electrons. The Morgan fingerprint density at radius 3 is 2.62 bits per heavy atom. The number of nitrogens with one attached hydrogen (secondary N) is 3. The molecule has 0 aliphatic heterocycles. The first-order chi connectivity index (χ1) is 14.2. The van der Waals surface area contributed by atoms with Crippen molar-refractivity contribution in [3.8, 4) is 11.4 Å². The zero-order valence-electron chi connectivity index (χ0n) is 15.2. The van der Waals surface area contributed by atoms with Gasteiger partial charge in [0.2, 0.25) is 5.91 Å². The maximum atomic E-state index is 11.2. The molecule has 5 N–H and O–H groups in total. The van der Waals surface area contributed by atoms with Crippen LogP contribution in [0.3, 0.4) is 0 Å². The second-order valence-corrected chi connectivity index (χ2v) is 6.50. The van der Waals surface area contributed by atoms with Crippen molar-refractivity contribution in [3.63, 3.8) is 0 Å². The van der Waals surface area contributed by atoms with E-state index in [9.17, 15) is 4.79 Å². The first kappa shape index (κ1) is 16.9. The third kappa shape index (κ3) is 3.14. The van der Waals surface area contributed by atoms with Gasteiger partial charge in [0, 0.05) is 11.1 Å². The molecule has 0 unspecified atom stereocenters. The predicted octanol–water partition coefficient (Wildman–Crippen LogP) is 2.61. The highest BCUT2D eigenvalue weighted by atomic mass is 16.1. The summed E-state index contributed by atoms with van der Waals surface area (Å²) in [6.07, 6.45) is 1.46. The fourth-order valence-electron chi connectivity index (χ4n) is 3.15.